The lowest BCUT2D eigenvalue weighted by atomic mass is 10.1. The molecular formula is C14H10Cl2O2. The van der Waals surface area contributed by atoms with E-state index in [1.807, 2.05) is 12.1 Å². The van der Waals surface area contributed by atoms with Crippen LogP contribution in [0.25, 0.3) is 0 Å². The summed E-state index contributed by atoms with van der Waals surface area (Å²) in [5, 5.41) is 0.291. The van der Waals surface area contributed by atoms with Crippen LogP contribution in [0.5, 0.6) is 11.5 Å². The molecular weight excluding hydrogens is 271 g/mol. The highest BCUT2D eigenvalue weighted by Gasteiger charge is 2.01. The zero-order chi connectivity index (χ0) is 13.0. The van der Waals surface area contributed by atoms with E-state index < -0.39 is 0 Å². The Morgan fingerprint density at radius 3 is 1.94 bits per heavy atom. The highest BCUT2D eigenvalue weighted by atomic mass is 35.5. The lowest BCUT2D eigenvalue weighted by molar-refractivity contribution is -0.111. The van der Waals surface area contributed by atoms with Gasteiger partial charge in [0, 0.05) is 11.4 Å². The van der Waals surface area contributed by atoms with Crippen molar-refractivity contribution in [1.82, 2.24) is 0 Å². The molecule has 18 heavy (non-hydrogen) atoms. The predicted octanol–water partition coefficient (Wildman–Crippen LogP) is 4.44. The van der Waals surface area contributed by atoms with Crippen LogP contribution < -0.4 is 4.74 Å². The molecule has 0 fully saturated rings. The third-order valence-corrected chi connectivity index (χ3v) is 2.70. The van der Waals surface area contributed by atoms with Crippen molar-refractivity contribution in [3.05, 3.63) is 59.1 Å². The highest BCUT2D eigenvalue weighted by Crippen LogP contribution is 2.23. The van der Waals surface area contributed by atoms with Gasteiger partial charge >= 0.3 is 0 Å². The van der Waals surface area contributed by atoms with Gasteiger partial charge in [0.05, 0.1) is 0 Å². The molecule has 0 aliphatic rings. The van der Waals surface area contributed by atoms with Crippen LogP contribution in [0, 0.1) is 0 Å². The largest absolute Gasteiger partial charge is 0.457 e. The van der Waals surface area contributed by atoms with Gasteiger partial charge in [0.25, 0.3) is 0 Å². The van der Waals surface area contributed by atoms with E-state index in [1.165, 1.54) is 0 Å². The summed E-state index contributed by atoms with van der Waals surface area (Å²) in [6.07, 6.45) is 0.225. The molecule has 0 spiro atoms. The fourth-order valence-corrected chi connectivity index (χ4v) is 1.75. The Bertz CT molecular complexity index is 533. The summed E-state index contributed by atoms with van der Waals surface area (Å²) < 4.78 is 5.62. The van der Waals surface area contributed by atoms with E-state index in [4.69, 9.17) is 27.9 Å². The van der Waals surface area contributed by atoms with Crippen molar-refractivity contribution >= 4 is 28.4 Å². The maximum atomic E-state index is 10.7. The number of benzene rings is 2. The van der Waals surface area contributed by atoms with Crippen molar-refractivity contribution in [3.8, 4) is 11.5 Å². The fourth-order valence-electron chi connectivity index (χ4n) is 1.47. The second-order valence-corrected chi connectivity index (χ2v) is 4.59. The van der Waals surface area contributed by atoms with Crippen LogP contribution in [-0.2, 0) is 11.2 Å². The molecule has 0 saturated heterocycles. The zero-order valence-electron chi connectivity index (χ0n) is 9.40. The molecule has 2 rings (SSSR count). The molecule has 2 nitrogen and oxygen atoms in total. The molecule has 0 unspecified atom stereocenters. The maximum Gasteiger partial charge on any atom is 0.226 e. The van der Waals surface area contributed by atoms with Gasteiger partial charge in [-0.25, -0.2) is 0 Å². The number of hydrogen-bond acceptors (Lipinski definition) is 2. The van der Waals surface area contributed by atoms with E-state index in [-0.39, 0.29) is 11.7 Å². The number of rotatable bonds is 4. The first kappa shape index (κ1) is 12.9. The molecule has 2 aromatic carbocycles. The van der Waals surface area contributed by atoms with Crippen LogP contribution in [-0.4, -0.2) is 5.24 Å². The second kappa shape index (κ2) is 5.89. The lowest BCUT2D eigenvalue weighted by Gasteiger charge is -2.06. The SMILES string of the molecule is O=C(Cl)Cc1ccc(Oc2ccc(Cl)cc2)cc1. The van der Waals surface area contributed by atoms with Crippen LogP contribution in [0.15, 0.2) is 48.5 Å². The Hall–Kier alpha value is -1.51. The summed E-state index contributed by atoms with van der Waals surface area (Å²) in [5.41, 5.74) is 0.860. The Morgan fingerprint density at radius 1 is 0.944 bits per heavy atom. The van der Waals surface area contributed by atoms with Crippen molar-refractivity contribution in [2.75, 3.05) is 0 Å². The smallest absolute Gasteiger partial charge is 0.226 e. The van der Waals surface area contributed by atoms with Crippen LogP contribution in [0.2, 0.25) is 5.02 Å². The molecule has 0 atom stereocenters. The minimum absolute atomic E-state index is 0.225. The predicted molar refractivity (Wildman–Crippen MR) is 72.5 cm³/mol. The summed E-state index contributed by atoms with van der Waals surface area (Å²) in [5.74, 6) is 1.41. The van der Waals surface area contributed by atoms with Crippen LogP contribution in [0.4, 0.5) is 0 Å². The first-order chi connectivity index (χ1) is 8.63. The Balaban J connectivity index is 2.06. The van der Waals surface area contributed by atoms with E-state index >= 15 is 0 Å². The fraction of sp³-hybridized carbons (Fsp3) is 0.0714. The van der Waals surface area contributed by atoms with Crippen molar-refractivity contribution in [3.63, 3.8) is 0 Å². The summed E-state index contributed by atoms with van der Waals surface area (Å²) in [4.78, 5) is 10.7. The summed E-state index contributed by atoms with van der Waals surface area (Å²) in [6.45, 7) is 0. The molecule has 0 aliphatic carbocycles. The monoisotopic (exact) mass is 280 g/mol. The number of halogens is 2. The van der Waals surface area contributed by atoms with Gasteiger partial charge in [0.2, 0.25) is 5.24 Å². The topological polar surface area (TPSA) is 26.3 Å². The third kappa shape index (κ3) is 3.76. The van der Waals surface area contributed by atoms with Crippen molar-refractivity contribution in [2.45, 2.75) is 6.42 Å². The molecule has 0 N–H and O–H groups in total. The molecule has 0 bridgehead atoms. The van der Waals surface area contributed by atoms with Crippen LogP contribution in [0.1, 0.15) is 5.56 Å². The van der Waals surface area contributed by atoms with Gasteiger partial charge in [-0.05, 0) is 53.6 Å². The van der Waals surface area contributed by atoms with Crippen LogP contribution in [0.3, 0.4) is 0 Å². The van der Waals surface area contributed by atoms with Gasteiger partial charge in [-0.1, -0.05) is 23.7 Å². The van der Waals surface area contributed by atoms with Crippen molar-refractivity contribution in [2.24, 2.45) is 0 Å². The van der Waals surface area contributed by atoms with Crippen molar-refractivity contribution in [1.29, 1.82) is 0 Å². The first-order valence-electron chi connectivity index (χ1n) is 5.34. The molecule has 0 radical (unpaired) electrons. The second-order valence-electron chi connectivity index (χ2n) is 3.73. The maximum absolute atomic E-state index is 10.7. The Labute approximate surface area is 115 Å². The quantitative estimate of drug-likeness (QED) is 0.774. The van der Waals surface area contributed by atoms with Gasteiger partial charge < -0.3 is 4.74 Å². The van der Waals surface area contributed by atoms with Gasteiger partial charge in [-0.15, -0.1) is 0 Å². The molecule has 0 aliphatic heterocycles. The standard InChI is InChI=1S/C14H10Cl2O2/c15-11-3-7-13(8-4-11)18-12-5-1-10(2-6-12)9-14(16)17/h1-8H,9H2. The van der Waals surface area contributed by atoms with Gasteiger partial charge in [-0.2, -0.15) is 0 Å². The van der Waals surface area contributed by atoms with Gasteiger partial charge in [-0.3, -0.25) is 4.79 Å². The minimum Gasteiger partial charge on any atom is -0.457 e. The molecule has 0 aromatic heterocycles. The number of ether oxygens (including phenoxy) is 1. The summed E-state index contributed by atoms with van der Waals surface area (Å²) >= 11 is 11.1. The molecule has 0 amide bonds. The Morgan fingerprint density at radius 2 is 1.44 bits per heavy atom. The van der Waals surface area contributed by atoms with E-state index in [1.54, 1.807) is 36.4 Å². The third-order valence-electron chi connectivity index (χ3n) is 2.32. The molecule has 0 saturated carbocycles. The minimum atomic E-state index is -0.374. The summed E-state index contributed by atoms with van der Waals surface area (Å²) in [7, 11) is 0. The average molecular weight is 281 g/mol. The summed E-state index contributed by atoms with van der Waals surface area (Å²) in [6, 6.07) is 14.3. The van der Waals surface area contributed by atoms with Crippen LogP contribution >= 0.6 is 23.2 Å². The molecule has 4 heteroatoms. The van der Waals surface area contributed by atoms with E-state index in [9.17, 15) is 4.79 Å². The number of carbonyl (C=O) groups is 1. The van der Waals surface area contributed by atoms with E-state index in [2.05, 4.69) is 0 Å². The van der Waals surface area contributed by atoms with Gasteiger partial charge in [0.1, 0.15) is 11.5 Å². The van der Waals surface area contributed by atoms with Crippen molar-refractivity contribution < 1.29 is 9.53 Å². The molecule has 92 valence electrons. The molecule has 2 aromatic rings. The van der Waals surface area contributed by atoms with E-state index in [0.717, 1.165) is 5.56 Å². The highest BCUT2D eigenvalue weighted by molar-refractivity contribution is 6.63. The van der Waals surface area contributed by atoms with Gasteiger partial charge in [0.15, 0.2) is 0 Å². The lowest BCUT2D eigenvalue weighted by Crippen LogP contribution is -1.93. The molecule has 0 heterocycles. The zero-order valence-corrected chi connectivity index (χ0v) is 10.9. The first-order valence-corrected chi connectivity index (χ1v) is 6.10. The van der Waals surface area contributed by atoms with E-state index in [0.29, 0.717) is 16.5 Å². The average Bonchev–Trinajstić information content (AvgIpc) is 2.34. The number of carbonyl (C=O) groups excluding carboxylic acids is 1. The number of hydrogen-bond donors (Lipinski definition) is 0. The Kier molecular flexibility index (Phi) is 4.24. The normalized spacial score (nSPS) is 10.1.